The van der Waals surface area contributed by atoms with Crippen molar-refractivity contribution in [3.8, 4) is 0 Å². The third-order valence-electron chi connectivity index (χ3n) is 2.44. The number of ether oxygens (including phenoxy) is 1. The van der Waals surface area contributed by atoms with E-state index in [4.69, 9.17) is 5.73 Å². The molecule has 1 aromatic rings. The van der Waals surface area contributed by atoms with Crippen LogP contribution in [-0.2, 0) is 4.74 Å². The average Bonchev–Trinajstić information content (AvgIpc) is 2.64. The number of cyclic esters (lactones) is 1. The molecule has 7 heteroatoms. The fourth-order valence-electron chi connectivity index (χ4n) is 1.63. The van der Waals surface area contributed by atoms with E-state index >= 15 is 0 Å². The third kappa shape index (κ3) is 1.91. The van der Waals surface area contributed by atoms with Gasteiger partial charge in [0.25, 0.3) is 0 Å². The van der Waals surface area contributed by atoms with Gasteiger partial charge < -0.3 is 10.5 Å². The number of amides is 3. The van der Waals surface area contributed by atoms with Gasteiger partial charge >= 0.3 is 12.1 Å². The molecule has 0 spiro atoms. The molecule has 0 radical (unpaired) electrons. The second-order valence-corrected chi connectivity index (χ2v) is 3.47. The van der Waals surface area contributed by atoms with E-state index in [1.54, 1.807) is 0 Å². The number of nitrogens with two attached hydrogens (primary N) is 1. The zero-order valence-corrected chi connectivity index (χ0v) is 8.52. The molecule has 1 aromatic carbocycles. The number of halogens is 2. The van der Waals surface area contributed by atoms with Crippen molar-refractivity contribution in [1.82, 2.24) is 4.90 Å². The summed E-state index contributed by atoms with van der Waals surface area (Å²) in [5, 5.41) is 0. The summed E-state index contributed by atoms with van der Waals surface area (Å²) in [6, 6.07) is 1.25. The lowest BCUT2D eigenvalue weighted by Gasteiger charge is -2.17. The van der Waals surface area contributed by atoms with Crippen molar-refractivity contribution in [3.63, 3.8) is 0 Å². The minimum atomic E-state index is -1.06. The molecule has 1 fully saturated rings. The van der Waals surface area contributed by atoms with Gasteiger partial charge in [-0.25, -0.2) is 23.3 Å². The number of imide groups is 1. The molecule has 5 nitrogen and oxygen atoms in total. The maximum Gasteiger partial charge on any atom is 0.418 e. The Labute approximate surface area is 94.8 Å². The summed E-state index contributed by atoms with van der Waals surface area (Å²) < 4.78 is 30.4. The number of hydrogen-bond donors (Lipinski definition) is 1. The summed E-state index contributed by atoms with van der Waals surface area (Å²) in [6.45, 7) is -0.132. The first-order valence-corrected chi connectivity index (χ1v) is 4.71. The zero-order valence-electron chi connectivity index (χ0n) is 8.52. The van der Waals surface area contributed by atoms with E-state index in [0.717, 1.165) is 12.1 Å². The average molecular weight is 242 g/mol. The van der Waals surface area contributed by atoms with Crippen LogP contribution in [0.2, 0.25) is 0 Å². The van der Waals surface area contributed by atoms with E-state index in [2.05, 4.69) is 4.74 Å². The van der Waals surface area contributed by atoms with Crippen LogP contribution < -0.4 is 5.73 Å². The maximum absolute atomic E-state index is 13.0. The maximum atomic E-state index is 13.0. The molecule has 0 aromatic heterocycles. The molecule has 1 unspecified atom stereocenters. The number of urea groups is 1. The predicted molar refractivity (Wildman–Crippen MR) is 51.9 cm³/mol. The lowest BCUT2D eigenvalue weighted by molar-refractivity contribution is 0.160. The molecule has 0 saturated carbocycles. The molecule has 1 aliphatic heterocycles. The van der Waals surface area contributed by atoms with Crippen LogP contribution in [0.5, 0.6) is 0 Å². The smallest absolute Gasteiger partial charge is 0.418 e. The SMILES string of the molecule is NC(=O)N1C(=O)OCC1c1ccc(F)c(F)c1. The molecule has 1 heterocycles. The molecule has 0 aliphatic carbocycles. The molecule has 1 atom stereocenters. The molecule has 3 amide bonds. The summed E-state index contributed by atoms with van der Waals surface area (Å²) in [6.07, 6.45) is -0.896. The van der Waals surface area contributed by atoms with Gasteiger partial charge in [0.1, 0.15) is 12.6 Å². The Balaban J connectivity index is 2.36. The normalized spacial score (nSPS) is 19.3. The monoisotopic (exact) mass is 242 g/mol. The van der Waals surface area contributed by atoms with Crippen LogP contribution in [0.1, 0.15) is 11.6 Å². The van der Waals surface area contributed by atoms with Crippen LogP contribution in [0.25, 0.3) is 0 Å². The van der Waals surface area contributed by atoms with Gasteiger partial charge in [-0.2, -0.15) is 0 Å². The van der Waals surface area contributed by atoms with Crippen molar-refractivity contribution in [3.05, 3.63) is 35.4 Å². The fraction of sp³-hybridized carbons (Fsp3) is 0.200. The molecule has 17 heavy (non-hydrogen) atoms. The number of hydrogen-bond acceptors (Lipinski definition) is 3. The molecule has 1 aliphatic rings. The summed E-state index contributed by atoms with van der Waals surface area (Å²) in [5.74, 6) is -2.07. The van der Waals surface area contributed by atoms with E-state index in [9.17, 15) is 18.4 Å². The number of carbonyl (C=O) groups is 2. The summed E-state index contributed by atoms with van der Waals surface area (Å²) in [7, 11) is 0. The molecule has 1 saturated heterocycles. The molecule has 2 rings (SSSR count). The molecule has 0 bridgehead atoms. The lowest BCUT2D eigenvalue weighted by atomic mass is 10.1. The Kier molecular flexibility index (Phi) is 2.66. The van der Waals surface area contributed by atoms with Gasteiger partial charge in [0.15, 0.2) is 11.6 Å². The Morgan fingerprint density at radius 3 is 2.71 bits per heavy atom. The van der Waals surface area contributed by atoms with Crippen LogP contribution in [0.15, 0.2) is 18.2 Å². The van der Waals surface area contributed by atoms with Crippen LogP contribution in [0, 0.1) is 11.6 Å². The van der Waals surface area contributed by atoms with Crippen molar-refractivity contribution < 1.29 is 23.1 Å². The highest BCUT2D eigenvalue weighted by Crippen LogP contribution is 2.28. The quantitative estimate of drug-likeness (QED) is 0.811. The summed E-state index contributed by atoms with van der Waals surface area (Å²) in [4.78, 5) is 22.9. The standard InChI is InChI=1S/C10H8F2N2O3/c11-6-2-1-5(3-7(6)12)8-4-17-10(16)14(8)9(13)15/h1-3,8H,4H2,(H2,13,15). The van der Waals surface area contributed by atoms with Crippen LogP contribution in [0.4, 0.5) is 18.4 Å². The first-order valence-electron chi connectivity index (χ1n) is 4.71. The van der Waals surface area contributed by atoms with Gasteiger partial charge in [0.2, 0.25) is 0 Å². The van der Waals surface area contributed by atoms with E-state index < -0.39 is 29.8 Å². The molecular formula is C10H8F2N2O3. The van der Waals surface area contributed by atoms with Crippen molar-refractivity contribution >= 4 is 12.1 Å². The van der Waals surface area contributed by atoms with E-state index in [-0.39, 0.29) is 12.2 Å². The zero-order chi connectivity index (χ0) is 12.6. The van der Waals surface area contributed by atoms with Crippen LogP contribution in [-0.4, -0.2) is 23.6 Å². The predicted octanol–water partition coefficient (Wildman–Crippen LogP) is 1.54. The highest BCUT2D eigenvalue weighted by Gasteiger charge is 2.38. The first-order chi connectivity index (χ1) is 8.00. The van der Waals surface area contributed by atoms with Crippen molar-refractivity contribution in [2.24, 2.45) is 5.73 Å². The van der Waals surface area contributed by atoms with Crippen molar-refractivity contribution in [2.45, 2.75) is 6.04 Å². The van der Waals surface area contributed by atoms with Gasteiger partial charge in [-0.3, -0.25) is 0 Å². The highest BCUT2D eigenvalue weighted by molar-refractivity contribution is 5.91. The Bertz CT molecular complexity index is 492. The van der Waals surface area contributed by atoms with Crippen molar-refractivity contribution in [1.29, 1.82) is 0 Å². The number of carbonyl (C=O) groups excluding carboxylic acids is 2. The number of benzene rings is 1. The fourth-order valence-corrected chi connectivity index (χ4v) is 1.63. The topological polar surface area (TPSA) is 72.6 Å². The largest absolute Gasteiger partial charge is 0.446 e. The van der Waals surface area contributed by atoms with E-state index in [0.29, 0.717) is 4.90 Å². The molecular weight excluding hydrogens is 234 g/mol. The Hall–Kier alpha value is -2.18. The van der Waals surface area contributed by atoms with Crippen LogP contribution >= 0.6 is 0 Å². The second kappa shape index (κ2) is 4.00. The number of primary amides is 1. The number of nitrogens with zero attached hydrogens (tertiary/aromatic N) is 1. The third-order valence-corrected chi connectivity index (χ3v) is 2.44. The summed E-state index contributed by atoms with van der Waals surface area (Å²) >= 11 is 0. The molecule has 90 valence electrons. The summed E-state index contributed by atoms with van der Waals surface area (Å²) in [5.41, 5.74) is 5.25. The lowest BCUT2D eigenvalue weighted by Crippen LogP contribution is -2.38. The first kappa shape index (κ1) is 11.3. The minimum absolute atomic E-state index is 0.132. The Morgan fingerprint density at radius 2 is 2.12 bits per heavy atom. The molecule has 2 N–H and O–H groups in total. The number of rotatable bonds is 1. The minimum Gasteiger partial charge on any atom is -0.446 e. The van der Waals surface area contributed by atoms with Gasteiger partial charge in [0, 0.05) is 0 Å². The van der Waals surface area contributed by atoms with E-state index in [1.807, 2.05) is 0 Å². The Morgan fingerprint density at radius 1 is 1.41 bits per heavy atom. The second-order valence-electron chi connectivity index (χ2n) is 3.47. The van der Waals surface area contributed by atoms with Crippen molar-refractivity contribution in [2.75, 3.05) is 6.61 Å². The highest BCUT2D eigenvalue weighted by atomic mass is 19.2. The van der Waals surface area contributed by atoms with Gasteiger partial charge in [-0.15, -0.1) is 0 Å². The van der Waals surface area contributed by atoms with Gasteiger partial charge in [-0.05, 0) is 17.7 Å². The van der Waals surface area contributed by atoms with Gasteiger partial charge in [0.05, 0.1) is 0 Å². The van der Waals surface area contributed by atoms with E-state index in [1.165, 1.54) is 6.07 Å². The van der Waals surface area contributed by atoms with Crippen LogP contribution in [0.3, 0.4) is 0 Å². The van der Waals surface area contributed by atoms with Gasteiger partial charge in [-0.1, -0.05) is 6.07 Å².